The predicted molar refractivity (Wildman–Crippen MR) is 111 cm³/mol. The summed E-state index contributed by atoms with van der Waals surface area (Å²) in [5.41, 5.74) is 0.588. The summed E-state index contributed by atoms with van der Waals surface area (Å²) in [6, 6.07) is 17.8. The van der Waals surface area contributed by atoms with Crippen LogP contribution in [0.3, 0.4) is 0 Å². The van der Waals surface area contributed by atoms with Crippen LogP contribution in [0.1, 0.15) is 5.56 Å². The molecule has 0 bridgehead atoms. The zero-order valence-electron chi connectivity index (χ0n) is 16.8. The molecule has 154 valence electrons. The van der Waals surface area contributed by atoms with Crippen molar-refractivity contribution in [3.8, 4) is 28.9 Å². The molecule has 0 saturated carbocycles. The summed E-state index contributed by atoms with van der Waals surface area (Å²) >= 11 is 0. The Morgan fingerprint density at radius 2 is 1.40 bits per heavy atom. The zero-order valence-corrected chi connectivity index (χ0v) is 16.8. The highest BCUT2D eigenvalue weighted by Crippen LogP contribution is 2.39. The first-order chi connectivity index (χ1) is 14.7. The van der Waals surface area contributed by atoms with E-state index in [2.05, 4.69) is 4.98 Å². The lowest BCUT2D eigenvalue weighted by atomic mass is 10.1. The molecule has 0 spiro atoms. The molecule has 0 amide bonds. The summed E-state index contributed by atoms with van der Waals surface area (Å²) in [5, 5.41) is 0. The van der Waals surface area contributed by atoms with E-state index in [1.807, 2.05) is 18.2 Å². The molecule has 0 N–H and O–H groups in total. The molecule has 3 aromatic rings. The van der Waals surface area contributed by atoms with Crippen molar-refractivity contribution in [2.75, 3.05) is 21.3 Å². The zero-order chi connectivity index (χ0) is 21.3. The Labute approximate surface area is 174 Å². The second kappa shape index (κ2) is 9.97. The van der Waals surface area contributed by atoms with Gasteiger partial charge in [0.2, 0.25) is 5.88 Å². The predicted octanol–water partition coefficient (Wildman–Crippen LogP) is 4.84. The summed E-state index contributed by atoms with van der Waals surface area (Å²) in [5.74, 6) is 1.60. The summed E-state index contributed by atoms with van der Waals surface area (Å²) in [4.78, 5) is 16.5. The lowest BCUT2D eigenvalue weighted by Gasteiger charge is -2.15. The van der Waals surface area contributed by atoms with Gasteiger partial charge in [-0.2, -0.15) is 0 Å². The summed E-state index contributed by atoms with van der Waals surface area (Å²) in [7, 11) is 4.30. The van der Waals surface area contributed by atoms with Gasteiger partial charge in [0.1, 0.15) is 5.57 Å². The molecule has 1 heterocycles. The van der Waals surface area contributed by atoms with E-state index >= 15 is 0 Å². The van der Waals surface area contributed by atoms with E-state index in [1.54, 1.807) is 55.8 Å². The standard InChI is InChI=1S/C23H21NO6/c1-26-15-17(23(25)28-3)16-9-8-14-24-22(16)30-21-13-7-6-12-20(21)29-19-11-5-4-10-18(19)27-2/h4-15H,1-3H3/b17-15+. The first-order valence-corrected chi connectivity index (χ1v) is 9.02. The Morgan fingerprint density at radius 3 is 2.00 bits per heavy atom. The van der Waals surface area contributed by atoms with Gasteiger partial charge in [-0.15, -0.1) is 0 Å². The molecule has 0 aliphatic heterocycles. The number of para-hydroxylation sites is 4. The minimum atomic E-state index is -0.576. The third-order valence-electron chi connectivity index (χ3n) is 4.05. The van der Waals surface area contributed by atoms with Gasteiger partial charge in [0.15, 0.2) is 23.0 Å². The van der Waals surface area contributed by atoms with Crippen molar-refractivity contribution in [2.45, 2.75) is 0 Å². The SMILES string of the molecule is CO/C=C(/C(=O)OC)c1cccnc1Oc1ccccc1Oc1ccccc1OC. The number of hydrogen-bond donors (Lipinski definition) is 0. The highest BCUT2D eigenvalue weighted by Gasteiger charge is 2.20. The molecule has 7 nitrogen and oxygen atoms in total. The monoisotopic (exact) mass is 407 g/mol. The van der Waals surface area contributed by atoms with Gasteiger partial charge in [-0.3, -0.25) is 0 Å². The third-order valence-corrected chi connectivity index (χ3v) is 4.05. The van der Waals surface area contributed by atoms with E-state index in [0.717, 1.165) is 0 Å². The maximum absolute atomic E-state index is 12.2. The second-order valence-corrected chi connectivity index (χ2v) is 5.92. The summed E-state index contributed by atoms with van der Waals surface area (Å²) in [6.07, 6.45) is 2.84. The molecular weight excluding hydrogens is 386 g/mol. The van der Waals surface area contributed by atoms with Gasteiger partial charge in [0, 0.05) is 6.20 Å². The highest BCUT2D eigenvalue weighted by molar-refractivity contribution is 6.16. The molecule has 30 heavy (non-hydrogen) atoms. The molecule has 3 rings (SSSR count). The van der Waals surface area contributed by atoms with Gasteiger partial charge in [-0.25, -0.2) is 9.78 Å². The van der Waals surface area contributed by atoms with E-state index in [9.17, 15) is 4.79 Å². The summed E-state index contributed by atoms with van der Waals surface area (Å²) in [6.45, 7) is 0. The van der Waals surface area contributed by atoms with Gasteiger partial charge in [-0.1, -0.05) is 24.3 Å². The average Bonchev–Trinajstić information content (AvgIpc) is 2.79. The fraction of sp³-hybridized carbons (Fsp3) is 0.130. The van der Waals surface area contributed by atoms with Crippen LogP contribution in [-0.2, 0) is 14.3 Å². The largest absolute Gasteiger partial charge is 0.503 e. The number of rotatable bonds is 8. The van der Waals surface area contributed by atoms with Crippen LogP contribution in [0.5, 0.6) is 28.9 Å². The van der Waals surface area contributed by atoms with Crippen LogP contribution in [0.25, 0.3) is 5.57 Å². The molecule has 0 saturated heterocycles. The van der Waals surface area contributed by atoms with Gasteiger partial charge >= 0.3 is 5.97 Å². The van der Waals surface area contributed by atoms with Gasteiger partial charge in [0.05, 0.1) is 33.2 Å². The highest BCUT2D eigenvalue weighted by atomic mass is 16.5. The van der Waals surface area contributed by atoms with Crippen LogP contribution in [0.4, 0.5) is 0 Å². The number of methoxy groups -OCH3 is 3. The topological polar surface area (TPSA) is 76.1 Å². The lowest BCUT2D eigenvalue weighted by Crippen LogP contribution is -2.06. The van der Waals surface area contributed by atoms with Gasteiger partial charge < -0.3 is 23.7 Å². The number of esters is 1. The Balaban J connectivity index is 1.97. The number of aromatic nitrogens is 1. The van der Waals surface area contributed by atoms with Crippen molar-refractivity contribution < 1.29 is 28.5 Å². The Bertz CT molecular complexity index is 1050. The first-order valence-electron chi connectivity index (χ1n) is 9.02. The van der Waals surface area contributed by atoms with Crippen molar-refractivity contribution in [1.82, 2.24) is 4.98 Å². The molecule has 0 aliphatic rings. The van der Waals surface area contributed by atoms with Crippen molar-refractivity contribution in [1.29, 1.82) is 0 Å². The number of ether oxygens (including phenoxy) is 5. The van der Waals surface area contributed by atoms with Crippen LogP contribution in [0.15, 0.2) is 73.1 Å². The summed E-state index contributed by atoms with van der Waals surface area (Å²) < 4.78 is 27.3. The molecule has 0 radical (unpaired) electrons. The van der Waals surface area contributed by atoms with E-state index in [1.165, 1.54) is 20.5 Å². The fourth-order valence-electron chi connectivity index (χ4n) is 2.67. The number of carbonyl (C=O) groups is 1. The Hall–Kier alpha value is -4.00. The van der Waals surface area contributed by atoms with Crippen molar-refractivity contribution in [3.05, 3.63) is 78.7 Å². The average molecular weight is 407 g/mol. The van der Waals surface area contributed by atoms with E-state index in [0.29, 0.717) is 28.6 Å². The molecule has 7 heteroatoms. The quantitative estimate of drug-likeness (QED) is 0.301. The van der Waals surface area contributed by atoms with Crippen LogP contribution in [0, 0.1) is 0 Å². The second-order valence-electron chi connectivity index (χ2n) is 5.92. The maximum atomic E-state index is 12.2. The number of benzene rings is 2. The third kappa shape index (κ3) is 4.70. The number of pyridine rings is 1. The minimum absolute atomic E-state index is 0.172. The molecule has 2 aromatic carbocycles. The van der Waals surface area contributed by atoms with Crippen LogP contribution in [-0.4, -0.2) is 32.3 Å². The lowest BCUT2D eigenvalue weighted by molar-refractivity contribution is -0.133. The molecule has 1 aromatic heterocycles. The first kappa shape index (κ1) is 20.7. The maximum Gasteiger partial charge on any atom is 0.341 e. The minimum Gasteiger partial charge on any atom is -0.503 e. The Kier molecular flexibility index (Phi) is 6.89. The smallest absolute Gasteiger partial charge is 0.341 e. The normalized spacial score (nSPS) is 10.8. The molecular formula is C23H21NO6. The number of nitrogens with zero attached hydrogens (tertiary/aromatic N) is 1. The van der Waals surface area contributed by atoms with E-state index < -0.39 is 5.97 Å². The van der Waals surface area contributed by atoms with Gasteiger partial charge in [0.25, 0.3) is 0 Å². The number of hydrogen-bond acceptors (Lipinski definition) is 7. The van der Waals surface area contributed by atoms with Crippen LogP contribution < -0.4 is 14.2 Å². The van der Waals surface area contributed by atoms with Crippen molar-refractivity contribution >= 4 is 11.5 Å². The fourth-order valence-corrected chi connectivity index (χ4v) is 2.67. The van der Waals surface area contributed by atoms with Crippen LogP contribution in [0.2, 0.25) is 0 Å². The molecule has 0 unspecified atom stereocenters. The van der Waals surface area contributed by atoms with Gasteiger partial charge in [-0.05, 0) is 36.4 Å². The number of carbonyl (C=O) groups excluding carboxylic acids is 1. The van der Waals surface area contributed by atoms with E-state index in [-0.39, 0.29) is 11.5 Å². The van der Waals surface area contributed by atoms with Crippen molar-refractivity contribution in [2.24, 2.45) is 0 Å². The molecule has 0 aliphatic carbocycles. The molecule has 0 fully saturated rings. The molecule has 0 atom stereocenters. The van der Waals surface area contributed by atoms with E-state index in [4.69, 9.17) is 23.7 Å². The van der Waals surface area contributed by atoms with Crippen molar-refractivity contribution in [3.63, 3.8) is 0 Å². The Morgan fingerprint density at radius 1 is 0.800 bits per heavy atom. The van der Waals surface area contributed by atoms with Crippen LogP contribution >= 0.6 is 0 Å².